The Morgan fingerprint density at radius 1 is 1.35 bits per heavy atom. The van der Waals surface area contributed by atoms with Crippen LogP contribution in [-0.4, -0.2) is 29.6 Å². The number of hydrogen-bond donors (Lipinski definition) is 0. The standard InChI is InChI=1S/C14H21NOS/c1-4-5-11-15(3)14(16)12(2)17-13-9-7-6-8-10-13/h6-10,12H,4-5,11H2,1-3H3. The van der Waals surface area contributed by atoms with E-state index in [0.717, 1.165) is 24.3 Å². The van der Waals surface area contributed by atoms with Gasteiger partial charge in [0.25, 0.3) is 0 Å². The number of carbonyl (C=O) groups is 1. The summed E-state index contributed by atoms with van der Waals surface area (Å²) in [5.74, 6) is 0.215. The number of hydrogen-bond acceptors (Lipinski definition) is 2. The molecule has 3 heteroatoms. The first-order chi connectivity index (χ1) is 8.15. The summed E-state index contributed by atoms with van der Waals surface area (Å²) in [7, 11) is 1.89. The fourth-order valence-corrected chi connectivity index (χ4v) is 2.57. The zero-order valence-electron chi connectivity index (χ0n) is 10.8. The molecular weight excluding hydrogens is 230 g/mol. The summed E-state index contributed by atoms with van der Waals surface area (Å²) in [4.78, 5) is 15.0. The van der Waals surface area contributed by atoms with E-state index in [2.05, 4.69) is 6.92 Å². The molecule has 94 valence electrons. The second-order valence-electron chi connectivity index (χ2n) is 4.19. The molecule has 0 aromatic heterocycles. The molecule has 0 N–H and O–H groups in total. The summed E-state index contributed by atoms with van der Waals surface area (Å²) < 4.78 is 0. The van der Waals surface area contributed by atoms with Gasteiger partial charge in [-0.3, -0.25) is 4.79 Å². The van der Waals surface area contributed by atoms with Crippen molar-refractivity contribution in [2.75, 3.05) is 13.6 Å². The SMILES string of the molecule is CCCCN(C)C(=O)C(C)Sc1ccccc1. The van der Waals surface area contributed by atoms with E-state index in [1.807, 2.05) is 49.2 Å². The zero-order valence-corrected chi connectivity index (χ0v) is 11.7. The normalized spacial score (nSPS) is 12.2. The molecule has 0 spiro atoms. The molecule has 0 radical (unpaired) electrons. The summed E-state index contributed by atoms with van der Waals surface area (Å²) in [6.07, 6.45) is 2.20. The lowest BCUT2D eigenvalue weighted by Gasteiger charge is -2.20. The minimum atomic E-state index is -0.0146. The van der Waals surface area contributed by atoms with Gasteiger partial charge >= 0.3 is 0 Å². The summed E-state index contributed by atoms with van der Waals surface area (Å²) in [5.41, 5.74) is 0. The van der Waals surface area contributed by atoms with Gasteiger partial charge < -0.3 is 4.90 Å². The number of benzene rings is 1. The molecule has 0 bridgehead atoms. The van der Waals surface area contributed by atoms with Gasteiger partial charge in [0, 0.05) is 18.5 Å². The molecule has 0 saturated heterocycles. The van der Waals surface area contributed by atoms with Crippen molar-refractivity contribution in [3.8, 4) is 0 Å². The molecule has 0 aliphatic carbocycles. The van der Waals surface area contributed by atoms with Crippen molar-refractivity contribution in [2.24, 2.45) is 0 Å². The van der Waals surface area contributed by atoms with Crippen LogP contribution in [0.25, 0.3) is 0 Å². The van der Waals surface area contributed by atoms with Gasteiger partial charge in [-0.15, -0.1) is 11.8 Å². The van der Waals surface area contributed by atoms with Gasteiger partial charge in [0.2, 0.25) is 5.91 Å². The second-order valence-corrected chi connectivity index (χ2v) is 5.60. The average molecular weight is 251 g/mol. The van der Waals surface area contributed by atoms with E-state index in [0.29, 0.717) is 0 Å². The average Bonchev–Trinajstić information content (AvgIpc) is 2.36. The highest BCUT2D eigenvalue weighted by Crippen LogP contribution is 2.23. The third-order valence-corrected chi connectivity index (χ3v) is 3.73. The molecule has 1 rings (SSSR count). The largest absolute Gasteiger partial charge is 0.345 e. The first-order valence-electron chi connectivity index (χ1n) is 6.11. The minimum Gasteiger partial charge on any atom is -0.345 e. The fraction of sp³-hybridized carbons (Fsp3) is 0.500. The van der Waals surface area contributed by atoms with Crippen molar-refractivity contribution in [1.82, 2.24) is 4.90 Å². The molecule has 2 nitrogen and oxygen atoms in total. The summed E-state index contributed by atoms with van der Waals surface area (Å²) in [5, 5.41) is -0.0146. The second kappa shape index (κ2) is 7.38. The monoisotopic (exact) mass is 251 g/mol. The number of rotatable bonds is 6. The molecule has 0 saturated carbocycles. The molecule has 1 unspecified atom stereocenters. The van der Waals surface area contributed by atoms with Crippen LogP contribution >= 0.6 is 11.8 Å². The Kier molecular flexibility index (Phi) is 6.12. The van der Waals surface area contributed by atoms with Crippen molar-refractivity contribution in [3.05, 3.63) is 30.3 Å². The Balaban J connectivity index is 2.47. The van der Waals surface area contributed by atoms with Gasteiger partial charge in [0.1, 0.15) is 0 Å². The first-order valence-corrected chi connectivity index (χ1v) is 6.99. The van der Waals surface area contributed by atoms with Crippen LogP contribution in [0.1, 0.15) is 26.7 Å². The van der Waals surface area contributed by atoms with Gasteiger partial charge in [0.05, 0.1) is 5.25 Å². The van der Waals surface area contributed by atoms with Gasteiger partial charge in [-0.1, -0.05) is 31.5 Å². The Hall–Kier alpha value is -0.960. The van der Waals surface area contributed by atoms with Crippen LogP contribution in [0.15, 0.2) is 35.2 Å². The number of nitrogens with zero attached hydrogens (tertiary/aromatic N) is 1. The van der Waals surface area contributed by atoms with Crippen LogP contribution in [0.4, 0.5) is 0 Å². The van der Waals surface area contributed by atoms with E-state index < -0.39 is 0 Å². The topological polar surface area (TPSA) is 20.3 Å². The third-order valence-electron chi connectivity index (χ3n) is 2.63. The Morgan fingerprint density at radius 2 is 2.00 bits per heavy atom. The maximum atomic E-state index is 12.1. The van der Waals surface area contributed by atoms with Crippen LogP contribution in [0.2, 0.25) is 0 Å². The highest BCUT2D eigenvalue weighted by Gasteiger charge is 2.17. The number of thioether (sulfide) groups is 1. The van der Waals surface area contributed by atoms with Crippen LogP contribution in [0.5, 0.6) is 0 Å². The fourth-order valence-electron chi connectivity index (χ4n) is 1.57. The Labute approximate surface area is 108 Å². The molecule has 1 atom stereocenters. The number of unbranched alkanes of at least 4 members (excludes halogenated alkanes) is 1. The molecule has 0 aliphatic rings. The van der Waals surface area contributed by atoms with Crippen LogP contribution < -0.4 is 0 Å². The number of amides is 1. The maximum absolute atomic E-state index is 12.1. The summed E-state index contributed by atoms with van der Waals surface area (Å²) in [6, 6.07) is 10.1. The molecule has 1 aromatic carbocycles. The molecule has 0 heterocycles. The van der Waals surface area contributed by atoms with E-state index in [1.165, 1.54) is 0 Å². The Bertz CT molecular complexity index is 339. The van der Waals surface area contributed by atoms with E-state index in [-0.39, 0.29) is 11.2 Å². The van der Waals surface area contributed by atoms with Crippen LogP contribution in [-0.2, 0) is 4.79 Å². The minimum absolute atomic E-state index is 0.0146. The van der Waals surface area contributed by atoms with E-state index in [4.69, 9.17) is 0 Å². The highest BCUT2D eigenvalue weighted by atomic mass is 32.2. The first kappa shape index (κ1) is 14.1. The van der Waals surface area contributed by atoms with Crippen molar-refractivity contribution >= 4 is 17.7 Å². The van der Waals surface area contributed by atoms with Crippen molar-refractivity contribution in [2.45, 2.75) is 36.8 Å². The van der Waals surface area contributed by atoms with Gasteiger partial charge in [-0.25, -0.2) is 0 Å². The lowest BCUT2D eigenvalue weighted by atomic mass is 10.3. The molecule has 17 heavy (non-hydrogen) atoms. The molecule has 0 fully saturated rings. The molecule has 0 aliphatic heterocycles. The van der Waals surface area contributed by atoms with E-state index in [1.54, 1.807) is 11.8 Å². The quantitative estimate of drug-likeness (QED) is 0.722. The predicted octanol–water partition coefficient (Wildman–Crippen LogP) is 3.43. The summed E-state index contributed by atoms with van der Waals surface area (Å²) >= 11 is 1.62. The van der Waals surface area contributed by atoms with Gasteiger partial charge in [0.15, 0.2) is 0 Å². The third kappa shape index (κ3) is 4.82. The molecular formula is C14H21NOS. The van der Waals surface area contributed by atoms with Crippen LogP contribution in [0.3, 0.4) is 0 Å². The zero-order chi connectivity index (χ0) is 12.7. The smallest absolute Gasteiger partial charge is 0.235 e. The molecule has 1 aromatic rings. The lowest BCUT2D eigenvalue weighted by Crippen LogP contribution is -2.33. The molecule has 1 amide bonds. The maximum Gasteiger partial charge on any atom is 0.235 e. The van der Waals surface area contributed by atoms with Gasteiger partial charge in [-0.2, -0.15) is 0 Å². The van der Waals surface area contributed by atoms with Crippen molar-refractivity contribution in [3.63, 3.8) is 0 Å². The Morgan fingerprint density at radius 3 is 2.59 bits per heavy atom. The van der Waals surface area contributed by atoms with E-state index in [9.17, 15) is 4.79 Å². The predicted molar refractivity (Wildman–Crippen MR) is 74.3 cm³/mol. The van der Waals surface area contributed by atoms with Crippen molar-refractivity contribution < 1.29 is 4.79 Å². The van der Waals surface area contributed by atoms with Crippen molar-refractivity contribution in [1.29, 1.82) is 0 Å². The lowest BCUT2D eigenvalue weighted by molar-refractivity contribution is -0.129. The van der Waals surface area contributed by atoms with Crippen LogP contribution in [0, 0.1) is 0 Å². The van der Waals surface area contributed by atoms with E-state index >= 15 is 0 Å². The summed E-state index contributed by atoms with van der Waals surface area (Å²) in [6.45, 7) is 4.97. The number of carbonyl (C=O) groups excluding carboxylic acids is 1. The highest BCUT2D eigenvalue weighted by molar-refractivity contribution is 8.00. The van der Waals surface area contributed by atoms with Gasteiger partial charge in [-0.05, 0) is 25.5 Å².